The lowest BCUT2D eigenvalue weighted by atomic mass is 9.90. The molecule has 21 heavy (non-hydrogen) atoms. The minimum Gasteiger partial charge on any atom is -0.361 e. The molecule has 0 radical (unpaired) electrons. The SMILES string of the molecule is CCNS(=O)(=O)N1CCC(c2c[nH]c3ccccc23)CC1. The third kappa shape index (κ3) is 2.84. The summed E-state index contributed by atoms with van der Waals surface area (Å²) in [6, 6.07) is 8.27. The Kier molecular flexibility index (Phi) is 4.01. The van der Waals surface area contributed by atoms with Gasteiger partial charge in [-0.05, 0) is 30.4 Å². The number of H-pyrrole nitrogens is 1. The predicted molar refractivity (Wildman–Crippen MR) is 84.4 cm³/mol. The number of fused-ring (bicyclic) bond motifs is 1. The van der Waals surface area contributed by atoms with Crippen molar-refractivity contribution in [2.45, 2.75) is 25.7 Å². The van der Waals surface area contributed by atoms with Crippen LogP contribution >= 0.6 is 0 Å². The van der Waals surface area contributed by atoms with Gasteiger partial charge >= 0.3 is 0 Å². The minimum absolute atomic E-state index is 0.425. The van der Waals surface area contributed by atoms with Crippen LogP contribution in [0.1, 0.15) is 31.2 Å². The Hall–Kier alpha value is -1.37. The van der Waals surface area contributed by atoms with Gasteiger partial charge in [-0.3, -0.25) is 0 Å². The highest BCUT2D eigenvalue weighted by Gasteiger charge is 2.28. The van der Waals surface area contributed by atoms with Crippen molar-refractivity contribution in [1.82, 2.24) is 14.0 Å². The fourth-order valence-corrected chi connectivity index (χ4v) is 4.35. The fourth-order valence-electron chi connectivity index (χ4n) is 3.11. The van der Waals surface area contributed by atoms with Crippen molar-refractivity contribution >= 4 is 21.1 Å². The molecule has 0 amide bonds. The van der Waals surface area contributed by atoms with E-state index in [9.17, 15) is 8.42 Å². The normalized spacial score (nSPS) is 18.3. The maximum atomic E-state index is 12.0. The Morgan fingerprint density at radius 1 is 1.29 bits per heavy atom. The molecule has 5 nitrogen and oxygen atoms in total. The van der Waals surface area contributed by atoms with Crippen LogP contribution in [-0.2, 0) is 10.2 Å². The number of benzene rings is 1. The van der Waals surface area contributed by atoms with Crippen LogP contribution in [0.5, 0.6) is 0 Å². The van der Waals surface area contributed by atoms with E-state index in [0.717, 1.165) is 18.4 Å². The number of hydrogen-bond donors (Lipinski definition) is 2. The van der Waals surface area contributed by atoms with Crippen molar-refractivity contribution in [2.75, 3.05) is 19.6 Å². The second kappa shape index (κ2) is 5.79. The van der Waals surface area contributed by atoms with Gasteiger partial charge in [-0.25, -0.2) is 4.72 Å². The summed E-state index contributed by atoms with van der Waals surface area (Å²) < 4.78 is 28.1. The standard InChI is InChI=1S/C15H21N3O2S/c1-2-17-21(19,20)18-9-7-12(8-10-18)14-11-16-15-6-4-3-5-13(14)15/h3-6,11-12,16-17H,2,7-10H2,1H3. The summed E-state index contributed by atoms with van der Waals surface area (Å²) in [6.07, 6.45) is 3.81. The molecule has 1 aromatic heterocycles. The summed E-state index contributed by atoms with van der Waals surface area (Å²) in [5.41, 5.74) is 2.46. The zero-order valence-electron chi connectivity index (χ0n) is 12.2. The summed E-state index contributed by atoms with van der Waals surface area (Å²) in [6.45, 7) is 3.40. The maximum Gasteiger partial charge on any atom is 0.279 e. The van der Waals surface area contributed by atoms with E-state index in [1.165, 1.54) is 10.9 Å². The van der Waals surface area contributed by atoms with Crippen LogP contribution in [0.25, 0.3) is 10.9 Å². The van der Waals surface area contributed by atoms with E-state index in [4.69, 9.17) is 0 Å². The average Bonchev–Trinajstić information content (AvgIpc) is 2.91. The Morgan fingerprint density at radius 2 is 2.00 bits per heavy atom. The molecule has 0 saturated carbocycles. The number of rotatable bonds is 4. The van der Waals surface area contributed by atoms with E-state index in [1.54, 1.807) is 11.2 Å². The van der Waals surface area contributed by atoms with Crippen LogP contribution in [0, 0.1) is 0 Å². The molecular weight excluding hydrogens is 286 g/mol. The lowest BCUT2D eigenvalue weighted by Gasteiger charge is -2.31. The molecule has 2 heterocycles. The lowest BCUT2D eigenvalue weighted by molar-refractivity contribution is 0.317. The van der Waals surface area contributed by atoms with Crippen LogP contribution < -0.4 is 4.72 Å². The third-order valence-electron chi connectivity index (χ3n) is 4.18. The minimum atomic E-state index is -3.29. The van der Waals surface area contributed by atoms with Gasteiger partial charge in [-0.15, -0.1) is 0 Å². The van der Waals surface area contributed by atoms with Gasteiger partial charge in [0.1, 0.15) is 0 Å². The molecule has 0 spiro atoms. The second-order valence-electron chi connectivity index (χ2n) is 5.47. The number of para-hydroxylation sites is 1. The largest absolute Gasteiger partial charge is 0.361 e. The summed E-state index contributed by atoms with van der Waals surface area (Å²) >= 11 is 0. The molecule has 3 rings (SSSR count). The van der Waals surface area contributed by atoms with Gasteiger partial charge in [0.25, 0.3) is 10.2 Å². The highest BCUT2D eigenvalue weighted by molar-refractivity contribution is 7.87. The zero-order chi connectivity index (χ0) is 14.9. The van der Waals surface area contributed by atoms with Crippen molar-refractivity contribution in [3.8, 4) is 0 Å². The smallest absolute Gasteiger partial charge is 0.279 e. The molecule has 0 bridgehead atoms. The van der Waals surface area contributed by atoms with Gasteiger partial charge in [0.2, 0.25) is 0 Å². The van der Waals surface area contributed by atoms with Gasteiger partial charge < -0.3 is 4.98 Å². The van der Waals surface area contributed by atoms with Gasteiger partial charge in [0, 0.05) is 36.7 Å². The third-order valence-corrected chi connectivity index (χ3v) is 5.88. The fraction of sp³-hybridized carbons (Fsp3) is 0.467. The summed E-state index contributed by atoms with van der Waals surface area (Å²) in [5.74, 6) is 0.425. The summed E-state index contributed by atoms with van der Waals surface area (Å²) in [5, 5.41) is 1.26. The Labute approximate surface area is 125 Å². The van der Waals surface area contributed by atoms with Crippen molar-refractivity contribution < 1.29 is 8.42 Å². The van der Waals surface area contributed by atoms with E-state index in [1.807, 2.05) is 12.1 Å². The van der Waals surface area contributed by atoms with Crippen LogP contribution in [0.2, 0.25) is 0 Å². The van der Waals surface area contributed by atoms with Crippen LogP contribution in [0.3, 0.4) is 0 Å². The predicted octanol–water partition coefficient (Wildman–Crippen LogP) is 2.20. The second-order valence-corrected chi connectivity index (χ2v) is 7.22. The molecule has 0 unspecified atom stereocenters. The van der Waals surface area contributed by atoms with Gasteiger partial charge in [-0.1, -0.05) is 25.1 Å². The monoisotopic (exact) mass is 307 g/mol. The molecule has 1 aliphatic heterocycles. The van der Waals surface area contributed by atoms with E-state index in [-0.39, 0.29) is 0 Å². The van der Waals surface area contributed by atoms with E-state index >= 15 is 0 Å². The summed E-state index contributed by atoms with van der Waals surface area (Å²) in [7, 11) is -3.29. The maximum absolute atomic E-state index is 12.0. The quantitative estimate of drug-likeness (QED) is 0.909. The number of aromatic nitrogens is 1. The first-order chi connectivity index (χ1) is 10.1. The number of piperidine rings is 1. The number of hydrogen-bond acceptors (Lipinski definition) is 2. The zero-order valence-corrected chi connectivity index (χ0v) is 13.0. The molecule has 2 aromatic rings. The topological polar surface area (TPSA) is 65.2 Å². The highest BCUT2D eigenvalue weighted by Crippen LogP contribution is 2.33. The molecule has 1 saturated heterocycles. The van der Waals surface area contributed by atoms with Crippen molar-refractivity contribution in [2.24, 2.45) is 0 Å². The average molecular weight is 307 g/mol. The summed E-state index contributed by atoms with van der Waals surface area (Å²) in [4.78, 5) is 3.30. The molecular formula is C15H21N3O2S. The number of nitrogens with one attached hydrogen (secondary N) is 2. The van der Waals surface area contributed by atoms with Crippen molar-refractivity contribution in [3.05, 3.63) is 36.0 Å². The Bertz CT molecular complexity index is 715. The van der Waals surface area contributed by atoms with Crippen LogP contribution in [-0.4, -0.2) is 37.3 Å². The molecule has 2 N–H and O–H groups in total. The van der Waals surface area contributed by atoms with Gasteiger partial charge in [-0.2, -0.15) is 12.7 Å². The molecule has 1 fully saturated rings. The molecule has 6 heteroatoms. The Morgan fingerprint density at radius 3 is 2.71 bits per heavy atom. The first-order valence-corrected chi connectivity index (χ1v) is 8.86. The van der Waals surface area contributed by atoms with E-state index in [0.29, 0.717) is 25.6 Å². The first-order valence-electron chi connectivity index (χ1n) is 7.42. The molecule has 114 valence electrons. The van der Waals surface area contributed by atoms with Gasteiger partial charge in [0.05, 0.1) is 0 Å². The molecule has 1 aromatic carbocycles. The molecule has 0 aliphatic carbocycles. The Balaban J connectivity index is 1.74. The van der Waals surface area contributed by atoms with Crippen molar-refractivity contribution in [3.63, 3.8) is 0 Å². The molecule has 0 atom stereocenters. The number of nitrogens with zero attached hydrogens (tertiary/aromatic N) is 1. The first kappa shape index (κ1) is 14.6. The van der Waals surface area contributed by atoms with E-state index < -0.39 is 10.2 Å². The van der Waals surface area contributed by atoms with Gasteiger partial charge in [0.15, 0.2) is 0 Å². The molecule has 1 aliphatic rings. The van der Waals surface area contributed by atoms with Crippen LogP contribution in [0.4, 0.5) is 0 Å². The lowest BCUT2D eigenvalue weighted by Crippen LogP contribution is -2.44. The number of aromatic amines is 1. The van der Waals surface area contributed by atoms with Crippen molar-refractivity contribution in [1.29, 1.82) is 0 Å². The highest BCUT2D eigenvalue weighted by atomic mass is 32.2. The van der Waals surface area contributed by atoms with E-state index in [2.05, 4.69) is 28.0 Å². The van der Waals surface area contributed by atoms with Crippen LogP contribution in [0.15, 0.2) is 30.5 Å².